The zero-order valence-corrected chi connectivity index (χ0v) is 8.94. The highest BCUT2D eigenvalue weighted by atomic mass is 35.5. The molecule has 0 bridgehead atoms. The van der Waals surface area contributed by atoms with E-state index in [2.05, 4.69) is 0 Å². The molecular formula is C10H13ClN2O2. The van der Waals surface area contributed by atoms with E-state index in [1.54, 1.807) is 12.1 Å². The van der Waals surface area contributed by atoms with E-state index in [4.69, 9.17) is 5.73 Å². The first-order chi connectivity index (χ1) is 6.68. The summed E-state index contributed by atoms with van der Waals surface area (Å²) in [5.74, 6) is 0.580. The lowest BCUT2D eigenvalue weighted by molar-refractivity contribution is -0.384. The summed E-state index contributed by atoms with van der Waals surface area (Å²) in [6.07, 6.45) is 2.36. The summed E-state index contributed by atoms with van der Waals surface area (Å²) < 4.78 is 0. The molecule has 15 heavy (non-hydrogen) atoms. The largest absolute Gasteiger partial charge is 0.324 e. The third-order valence-corrected chi connectivity index (χ3v) is 2.62. The molecule has 2 rings (SSSR count). The van der Waals surface area contributed by atoms with Gasteiger partial charge in [-0.15, -0.1) is 12.4 Å². The molecule has 1 atom stereocenters. The molecule has 0 amide bonds. The van der Waals surface area contributed by atoms with Gasteiger partial charge in [0.25, 0.3) is 5.69 Å². The van der Waals surface area contributed by atoms with Crippen LogP contribution in [0.25, 0.3) is 0 Å². The van der Waals surface area contributed by atoms with E-state index < -0.39 is 4.92 Å². The van der Waals surface area contributed by atoms with Gasteiger partial charge in [0.15, 0.2) is 0 Å². The number of benzene rings is 1. The minimum atomic E-state index is -0.396. The van der Waals surface area contributed by atoms with Crippen LogP contribution in [0.3, 0.4) is 0 Å². The summed E-state index contributed by atoms with van der Waals surface area (Å²) in [6.45, 7) is 0. The number of nitro benzene ring substituents is 1. The van der Waals surface area contributed by atoms with Crippen LogP contribution in [0.2, 0.25) is 0 Å². The van der Waals surface area contributed by atoms with Crippen molar-refractivity contribution >= 4 is 18.1 Å². The number of non-ortho nitro benzene ring substituents is 1. The Morgan fingerprint density at radius 3 is 2.27 bits per heavy atom. The highest BCUT2D eigenvalue weighted by Crippen LogP contribution is 2.39. The minimum Gasteiger partial charge on any atom is -0.324 e. The van der Waals surface area contributed by atoms with Crippen molar-refractivity contribution in [2.45, 2.75) is 18.9 Å². The number of nitrogens with two attached hydrogens (primary N) is 1. The third kappa shape index (κ3) is 2.67. The molecule has 5 heteroatoms. The number of nitro groups is 1. The smallest absolute Gasteiger partial charge is 0.269 e. The first-order valence-electron chi connectivity index (χ1n) is 4.68. The number of hydrogen-bond donors (Lipinski definition) is 1. The van der Waals surface area contributed by atoms with Gasteiger partial charge in [-0.1, -0.05) is 12.1 Å². The van der Waals surface area contributed by atoms with Gasteiger partial charge in [-0.2, -0.15) is 0 Å². The van der Waals surface area contributed by atoms with Gasteiger partial charge in [0.1, 0.15) is 0 Å². The van der Waals surface area contributed by atoms with Gasteiger partial charge in [-0.25, -0.2) is 0 Å². The summed E-state index contributed by atoms with van der Waals surface area (Å²) in [4.78, 5) is 10.0. The highest BCUT2D eigenvalue weighted by molar-refractivity contribution is 5.85. The lowest BCUT2D eigenvalue weighted by Gasteiger charge is -2.09. The molecule has 1 aromatic carbocycles. The van der Waals surface area contributed by atoms with Crippen LogP contribution in [0.5, 0.6) is 0 Å². The van der Waals surface area contributed by atoms with Gasteiger partial charge < -0.3 is 5.73 Å². The predicted molar refractivity (Wildman–Crippen MR) is 60.0 cm³/mol. The van der Waals surface area contributed by atoms with Crippen molar-refractivity contribution < 1.29 is 4.92 Å². The first-order valence-corrected chi connectivity index (χ1v) is 4.68. The zero-order valence-electron chi connectivity index (χ0n) is 8.13. The molecule has 1 fully saturated rings. The van der Waals surface area contributed by atoms with Crippen LogP contribution < -0.4 is 5.73 Å². The monoisotopic (exact) mass is 228 g/mol. The normalized spacial score (nSPS) is 16.6. The Labute approximate surface area is 94.0 Å². The second kappa shape index (κ2) is 4.59. The molecule has 0 aromatic heterocycles. The maximum absolute atomic E-state index is 10.4. The Balaban J connectivity index is 0.00000112. The predicted octanol–water partition coefficient (Wildman–Crippen LogP) is 2.43. The first kappa shape index (κ1) is 11.9. The van der Waals surface area contributed by atoms with E-state index in [1.807, 2.05) is 0 Å². The van der Waals surface area contributed by atoms with E-state index in [0.717, 1.165) is 5.56 Å². The molecular weight excluding hydrogens is 216 g/mol. The molecule has 1 aliphatic carbocycles. The SMILES string of the molecule is Cl.N[C@H](c1ccc([N+](=O)[O-])cc1)C1CC1. The third-order valence-electron chi connectivity index (χ3n) is 2.62. The van der Waals surface area contributed by atoms with Crippen molar-refractivity contribution in [2.75, 3.05) is 0 Å². The molecule has 0 spiro atoms. The standard InChI is InChI=1S/C10H12N2O2.ClH/c11-10(7-1-2-7)8-3-5-9(6-4-8)12(13)14;/h3-7,10H,1-2,11H2;1H/t10-;/m0./s1. The molecule has 1 saturated carbocycles. The van der Waals surface area contributed by atoms with Crippen LogP contribution in [0.4, 0.5) is 5.69 Å². The molecule has 0 aliphatic heterocycles. The molecule has 0 radical (unpaired) electrons. The zero-order chi connectivity index (χ0) is 10.1. The summed E-state index contributed by atoms with van der Waals surface area (Å²) >= 11 is 0. The summed E-state index contributed by atoms with van der Waals surface area (Å²) in [5, 5.41) is 10.4. The molecule has 1 aromatic rings. The Hall–Kier alpha value is -1.13. The molecule has 0 unspecified atom stereocenters. The molecule has 4 nitrogen and oxygen atoms in total. The Morgan fingerprint density at radius 1 is 1.33 bits per heavy atom. The van der Waals surface area contributed by atoms with E-state index in [1.165, 1.54) is 25.0 Å². The lowest BCUT2D eigenvalue weighted by Crippen LogP contribution is -2.11. The van der Waals surface area contributed by atoms with Crippen LogP contribution in [-0.4, -0.2) is 4.92 Å². The molecule has 0 heterocycles. The maximum atomic E-state index is 10.4. The van der Waals surface area contributed by atoms with Crippen molar-refractivity contribution in [1.82, 2.24) is 0 Å². The number of hydrogen-bond acceptors (Lipinski definition) is 3. The Morgan fingerprint density at radius 2 is 1.87 bits per heavy atom. The second-order valence-corrected chi connectivity index (χ2v) is 3.71. The van der Waals surface area contributed by atoms with Crippen LogP contribution in [0.15, 0.2) is 24.3 Å². The summed E-state index contributed by atoms with van der Waals surface area (Å²) in [5.41, 5.74) is 7.08. The van der Waals surface area contributed by atoms with Gasteiger partial charge in [-0.05, 0) is 24.3 Å². The van der Waals surface area contributed by atoms with Gasteiger partial charge in [0.2, 0.25) is 0 Å². The van der Waals surface area contributed by atoms with Crippen LogP contribution in [0.1, 0.15) is 24.4 Å². The second-order valence-electron chi connectivity index (χ2n) is 3.71. The average Bonchev–Trinajstić information content (AvgIpc) is 3.00. The fourth-order valence-corrected chi connectivity index (χ4v) is 1.55. The Kier molecular flexibility index (Phi) is 3.66. The van der Waals surface area contributed by atoms with Crippen LogP contribution >= 0.6 is 12.4 Å². The molecule has 82 valence electrons. The van der Waals surface area contributed by atoms with Crippen molar-refractivity contribution in [3.8, 4) is 0 Å². The fourth-order valence-electron chi connectivity index (χ4n) is 1.55. The summed E-state index contributed by atoms with van der Waals surface area (Å²) in [6, 6.07) is 6.58. The van der Waals surface area contributed by atoms with Crippen molar-refractivity contribution in [2.24, 2.45) is 11.7 Å². The van der Waals surface area contributed by atoms with Gasteiger partial charge >= 0.3 is 0 Å². The fraction of sp³-hybridized carbons (Fsp3) is 0.400. The van der Waals surface area contributed by atoms with Crippen molar-refractivity contribution in [1.29, 1.82) is 0 Å². The van der Waals surface area contributed by atoms with Crippen LogP contribution in [0, 0.1) is 16.0 Å². The van der Waals surface area contributed by atoms with Crippen molar-refractivity contribution in [3.63, 3.8) is 0 Å². The minimum absolute atomic E-state index is 0. The maximum Gasteiger partial charge on any atom is 0.269 e. The van der Waals surface area contributed by atoms with E-state index in [-0.39, 0.29) is 24.1 Å². The van der Waals surface area contributed by atoms with Gasteiger partial charge in [0.05, 0.1) is 4.92 Å². The number of halogens is 1. The van der Waals surface area contributed by atoms with E-state index in [9.17, 15) is 10.1 Å². The lowest BCUT2D eigenvalue weighted by atomic mass is 10.0. The van der Waals surface area contributed by atoms with Crippen LogP contribution in [-0.2, 0) is 0 Å². The molecule has 2 N–H and O–H groups in total. The summed E-state index contributed by atoms with van der Waals surface area (Å²) in [7, 11) is 0. The Bertz CT molecular complexity index is 349. The molecule has 1 aliphatic rings. The topological polar surface area (TPSA) is 69.2 Å². The highest BCUT2D eigenvalue weighted by Gasteiger charge is 2.29. The quantitative estimate of drug-likeness (QED) is 0.638. The number of nitrogens with zero attached hydrogens (tertiary/aromatic N) is 1. The van der Waals surface area contributed by atoms with Crippen molar-refractivity contribution in [3.05, 3.63) is 39.9 Å². The molecule has 0 saturated heterocycles. The van der Waals surface area contributed by atoms with E-state index >= 15 is 0 Å². The van der Waals surface area contributed by atoms with E-state index in [0.29, 0.717) is 5.92 Å². The van der Waals surface area contributed by atoms with Gasteiger partial charge in [0, 0.05) is 18.2 Å². The number of rotatable bonds is 3. The van der Waals surface area contributed by atoms with Gasteiger partial charge in [-0.3, -0.25) is 10.1 Å². The average molecular weight is 229 g/mol.